The monoisotopic (exact) mass is 278 g/mol. The van der Waals surface area contributed by atoms with Gasteiger partial charge in [0.15, 0.2) is 5.78 Å². The lowest BCUT2D eigenvalue weighted by molar-refractivity contribution is 0.104. The molecule has 0 saturated carbocycles. The Kier molecular flexibility index (Phi) is 3.96. The van der Waals surface area contributed by atoms with Crippen LogP contribution in [-0.4, -0.2) is 20.7 Å². The Morgan fingerprint density at radius 3 is 2.63 bits per heavy atom. The second-order valence-electron chi connectivity index (χ2n) is 3.69. The Morgan fingerprint density at radius 1 is 1.37 bits per heavy atom. The molecule has 0 bridgehead atoms. The molecule has 5 nitrogen and oxygen atoms in total. The smallest absolute Gasteiger partial charge is 0.213 e. The van der Waals surface area contributed by atoms with E-state index in [0.717, 1.165) is 0 Å². The number of aryl methyl sites for hydroxylation is 1. The fourth-order valence-corrected chi connectivity index (χ4v) is 1.94. The van der Waals surface area contributed by atoms with Gasteiger partial charge in [-0.25, -0.2) is 9.07 Å². The van der Waals surface area contributed by atoms with Crippen molar-refractivity contribution in [2.75, 3.05) is 5.84 Å². The van der Waals surface area contributed by atoms with E-state index < -0.39 is 0 Å². The molecular weight excluding hydrogens is 267 g/mol. The summed E-state index contributed by atoms with van der Waals surface area (Å²) in [5.41, 5.74) is 0.420. The highest BCUT2D eigenvalue weighted by molar-refractivity contribution is 8.02. The molecule has 7 heteroatoms. The van der Waals surface area contributed by atoms with Crippen molar-refractivity contribution in [3.63, 3.8) is 0 Å². The molecule has 2 N–H and O–H groups in total. The van der Waals surface area contributed by atoms with E-state index >= 15 is 0 Å². The Balaban J connectivity index is 2.01. The molecule has 1 heterocycles. The van der Waals surface area contributed by atoms with E-state index in [-0.39, 0.29) is 11.6 Å². The van der Waals surface area contributed by atoms with Gasteiger partial charge >= 0.3 is 0 Å². The summed E-state index contributed by atoms with van der Waals surface area (Å²) >= 11 is 1.18. The molecule has 2 aromatic rings. The van der Waals surface area contributed by atoms with Gasteiger partial charge in [0.05, 0.1) is 0 Å². The zero-order valence-electron chi connectivity index (χ0n) is 10.1. The Labute approximate surface area is 113 Å². The third-order valence-corrected chi connectivity index (χ3v) is 3.12. The third kappa shape index (κ3) is 3.19. The van der Waals surface area contributed by atoms with Crippen molar-refractivity contribution in [1.82, 2.24) is 14.9 Å². The molecule has 0 aliphatic carbocycles. The van der Waals surface area contributed by atoms with Crippen molar-refractivity contribution in [2.45, 2.75) is 12.1 Å². The van der Waals surface area contributed by atoms with Crippen LogP contribution < -0.4 is 5.84 Å². The van der Waals surface area contributed by atoms with E-state index in [9.17, 15) is 9.18 Å². The van der Waals surface area contributed by atoms with E-state index in [0.29, 0.717) is 16.5 Å². The number of carbonyl (C=O) groups is 1. The van der Waals surface area contributed by atoms with Crippen molar-refractivity contribution in [3.05, 3.63) is 53.0 Å². The molecule has 0 atom stereocenters. The summed E-state index contributed by atoms with van der Waals surface area (Å²) in [4.78, 5) is 11.7. The third-order valence-electron chi connectivity index (χ3n) is 2.36. The van der Waals surface area contributed by atoms with Crippen LogP contribution in [0.3, 0.4) is 0 Å². The van der Waals surface area contributed by atoms with Crippen LogP contribution in [0.1, 0.15) is 16.2 Å². The Hall–Kier alpha value is -2.15. The van der Waals surface area contributed by atoms with Gasteiger partial charge in [-0.05, 0) is 42.7 Å². The molecule has 2 rings (SSSR count). The van der Waals surface area contributed by atoms with Crippen molar-refractivity contribution >= 4 is 17.5 Å². The molecule has 1 aromatic carbocycles. The molecule has 0 saturated heterocycles. The fourth-order valence-electron chi connectivity index (χ4n) is 1.30. The molecular formula is C12H11FN4OS. The van der Waals surface area contributed by atoms with E-state index in [1.54, 1.807) is 12.3 Å². The van der Waals surface area contributed by atoms with Crippen LogP contribution >= 0.6 is 11.8 Å². The number of benzene rings is 1. The van der Waals surface area contributed by atoms with Gasteiger partial charge in [0.25, 0.3) is 0 Å². The molecule has 1 aromatic heterocycles. The number of rotatable bonds is 4. The summed E-state index contributed by atoms with van der Waals surface area (Å²) in [7, 11) is 0. The molecule has 0 amide bonds. The van der Waals surface area contributed by atoms with Gasteiger partial charge in [-0.2, -0.15) is 0 Å². The van der Waals surface area contributed by atoms with Crippen molar-refractivity contribution in [3.8, 4) is 0 Å². The van der Waals surface area contributed by atoms with E-state index in [1.165, 1.54) is 46.8 Å². The second kappa shape index (κ2) is 5.66. The molecule has 0 aliphatic heterocycles. The number of hydrogen-bond donors (Lipinski definition) is 1. The first-order valence-corrected chi connectivity index (χ1v) is 6.26. The number of ketones is 1. The van der Waals surface area contributed by atoms with Crippen LogP contribution in [0.15, 0.2) is 40.9 Å². The predicted molar refractivity (Wildman–Crippen MR) is 70.6 cm³/mol. The summed E-state index contributed by atoms with van der Waals surface area (Å²) < 4.78 is 14.0. The number of nitrogens with zero attached hydrogens (tertiary/aromatic N) is 3. The lowest BCUT2D eigenvalue weighted by Crippen LogP contribution is -2.11. The van der Waals surface area contributed by atoms with Crippen LogP contribution in [0.2, 0.25) is 0 Å². The maximum Gasteiger partial charge on any atom is 0.213 e. The zero-order chi connectivity index (χ0) is 13.8. The van der Waals surface area contributed by atoms with Crippen molar-refractivity contribution in [2.24, 2.45) is 0 Å². The number of halogens is 1. The average molecular weight is 278 g/mol. The lowest BCUT2D eigenvalue weighted by Gasteiger charge is -1.97. The highest BCUT2D eigenvalue weighted by atomic mass is 32.2. The minimum absolute atomic E-state index is 0.215. The standard InChI is InChI=1S/C12H11FN4OS/c1-8-15-16-12(17(8)14)19-7-6-11(18)9-2-4-10(13)5-3-9/h2-7H,14H2,1H3/b7-6+. The molecule has 0 unspecified atom stereocenters. The van der Waals surface area contributed by atoms with Crippen molar-refractivity contribution in [1.29, 1.82) is 0 Å². The van der Waals surface area contributed by atoms with Crippen LogP contribution in [0.4, 0.5) is 4.39 Å². The number of carbonyl (C=O) groups excluding carboxylic acids is 1. The Morgan fingerprint density at radius 2 is 2.05 bits per heavy atom. The van der Waals surface area contributed by atoms with Crippen LogP contribution in [0, 0.1) is 12.7 Å². The summed E-state index contributed by atoms with van der Waals surface area (Å²) in [6, 6.07) is 5.35. The number of aromatic nitrogens is 3. The summed E-state index contributed by atoms with van der Waals surface area (Å²) in [5.74, 6) is 5.65. The first-order chi connectivity index (χ1) is 9.08. The first-order valence-electron chi connectivity index (χ1n) is 5.38. The van der Waals surface area contributed by atoms with Crippen LogP contribution in [-0.2, 0) is 0 Å². The van der Waals surface area contributed by atoms with Gasteiger partial charge in [0.2, 0.25) is 5.16 Å². The summed E-state index contributed by atoms with van der Waals surface area (Å²) in [5, 5.41) is 9.68. The number of nitrogen functional groups attached to an aromatic ring is 1. The topological polar surface area (TPSA) is 73.8 Å². The van der Waals surface area contributed by atoms with E-state index in [2.05, 4.69) is 10.2 Å². The summed E-state index contributed by atoms with van der Waals surface area (Å²) in [6.07, 6.45) is 1.38. The van der Waals surface area contributed by atoms with E-state index in [1.807, 2.05) is 0 Å². The Bertz CT molecular complexity index is 621. The highest BCUT2D eigenvalue weighted by Crippen LogP contribution is 2.16. The molecule has 0 aliphatic rings. The molecule has 0 fully saturated rings. The number of nitrogens with two attached hydrogens (primary N) is 1. The minimum atomic E-state index is -0.374. The fraction of sp³-hybridized carbons (Fsp3) is 0.0833. The van der Waals surface area contributed by atoms with Gasteiger partial charge < -0.3 is 5.84 Å². The summed E-state index contributed by atoms with van der Waals surface area (Å²) in [6.45, 7) is 1.73. The van der Waals surface area contributed by atoms with Gasteiger partial charge in [0.1, 0.15) is 11.6 Å². The van der Waals surface area contributed by atoms with Gasteiger partial charge in [-0.15, -0.1) is 10.2 Å². The normalized spacial score (nSPS) is 11.1. The van der Waals surface area contributed by atoms with Crippen LogP contribution in [0.25, 0.3) is 0 Å². The van der Waals surface area contributed by atoms with Gasteiger partial charge in [-0.3, -0.25) is 4.79 Å². The predicted octanol–water partition coefficient (Wildman–Crippen LogP) is 1.93. The van der Waals surface area contributed by atoms with Gasteiger partial charge in [-0.1, -0.05) is 11.8 Å². The maximum atomic E-state index is 12.7. The number of hydrogen-bond acceptors (Lipinski definition) is 5. The minimum Gasteiger partial charge on any atom is -0.336 e. The SMILES string of the molecule is Cc1nnc(S/C=C/C(=O)c2ccc(F)cc2)n1N. The largest absolute Gasteiger partial charge is 0.336 e. The molecule has 19 heavy (non-hydrogen) atoms. The maximum absolute atomic E-state index is 12.7. The number of thioether (sulfide) groups is 1. The van der Waals surface area contributed by atoms with Crippen LogP contribution in [0.5, 0.6) is 0 Å². The number of allylic oxidation sites excluding steroid dienone is 1. The first kappa shape index (κ1) is 13.3. The zero-order valence-corrected chi connectivity index (χ0v) is 10.9. The lowest BCUT2D eigenvalue weighted by atomic mass is 10.1. The highest BCUT2D eigenvalue weighted by Gasteiger charge is 2.05. The molecule has 98 valence electrons. The average Bonchev–Trinajstić information content (AvgIpc) is 2.71. The second-order valence-corrected chi connectivity index (χ2v) is 4.56. The molecule has 0 spiro atoms. The van der Waals surface area contributed by atoms with Crippen molar-refractivity contribution < 1.29 is 9.18 Å². The quantitative estimate of drug-likeness (QED) is 0.400. The molecule has 0 radical (unpaired) electrons. The van der Waals surface area contributed by atoms with Gasteiger partial charge in [0, 0.05) is 5.56 Å². The van der Waals surface area contributed by atoms with E-state index in [4.69, 9.17) is 5.84 Å².